The molecule has 3 rings (SSSR count). The van der Waals surface area contributed by atoms with Gasteiger partial charge in [-0.1, -0.05) is 41.9 Å². The molecule has 27 heavy (non-hydrogen) atoms. The van der Waals surface area contributed by atoms with Gasteiger partial charge in [0.2, 0.25) is 0 Å². The molecule has 0 aromatic heterocycles. The molecule has 1 aliphatic rings. The standard InChI is InChI=1S/C21H27ClN4O/c1-21(2)15-26(12-13-27-21)19(16-8-10-17(22)11-9-16)14-24-20(23)25-18-6-4-3-5-7-18/h3-11,19H,12-15H2,1-2H3,(H3,23,24,25). The predicted molar refractivity (Wildman–Crippen MR) is 112 cm³/mol. The Hall–Kier alpha value is -2.08. The van der Waals surface area contributed by atoms with Crippen LogP contribution in [0.2, 0.25) is 5.02 Å². The van der Waals surface area contributed by atoms with Crippen LogP contribution in [0.3, 0.4) is 0 Å². The largest absolute Gasteiger partial charge is 0.373 e. The highest BCUT2D eigenvalue weighted by Gasteiger charge is 2.32. The van der Waals surface area contributed by atoms with Crippen molar-refractivity contribution in [2.24, 2.45) is 10.7 Å². The van der Waals surface area contributed by atoms with Crippen molar-refractivity contribution in [3.8, 4) is 0 Å². The maximum atomic E-state index is 6.11. The van der Waals surface area contributed by atoms with Gasteiger partial charge in [-0.25, -0.2) is 0 Å². The molecule has 0 aliphatic carbocycles. The molecule has 3 N–H and O–H groups in total. The maximum Gasteiger partial charge on any atom is 0.193 e. The Morgan fingerprint density at radius 1 is 1.22 bits per heavy atom. The SMILES string of the molecule is CC1(C)CN(C(CN=C(N)Nc2ccccc2)c2ccc(Cl)cc2)CCO1. The third-order valence-corrected chi connectivity index (χ3v) is 4.88. The third-order valence-electron chi connectivity index (χ3n) is 4.63. The summed E-state index contributed by atoms with van der Waals surface area (Å²) in [5.74, 6) is 0.410. The topological polar surface area (TPSA) is 62.9 Å². The van der Waals surface area contributed by atoms with Gasteiger partial charge in [0.1, 0.15) is 0 Å². The molecular formula is C21H27ClN4O. The highest BCUT2D eigenvalue weighted by molar-refractivity contribution is 6.30. The molecule has 1 saturated heterocycles. The Balaban J connectivity index is 1.77. The van der Waals surface area contributed by atoms with Gasteiger partial charge < -0.3 is 15.8 Å². The third kappa shape index (κ3) is 5.70. The number of rotatable bonds is 5. The molecule has 0 saturated carbocycles. The van der Waals surface area contributed by atoms with Crippen LogP contribution in [0, 0.1) is 0 Å². The van der Waals surface area contributed by atoms with Gasteiger partial charge in [-0.05, 0) is 43.7 Å². The smallest absolute Gasteiger partial charge is 0.193 e. The van der Waals surface area contributed by atoms with Gasteiger partial charge in [-0.15, -0.1) is 0 Å². The zero-order valence-electron chi connectivity index (χ0n) is 15.9. The summed E-state index contributed by atoms with van der Waals surface area (Å²) in [5, 5.41) is 3.87. The number of nitrogens with two attached hydrogens (primary N) is 1. The summed E-state index contributed by atoms with van der Waals surface area (Å²) in [5.41, 5.74) is 8.03. The van der Waals surface area contributed by atoms with E-state index < -0.39 is 0 Å². The fourth-order valence-corrected chi connectivity index (χ4v) is 3.46. The Morgan fingerprint density at radius 3 is 2.59 bits per heavy atom. The number of nitrogens with zero attached hydrogens (tertiary/aromatic N) is 2. The number of hydrogen-bond acceptors (Lipinski definition) is 3. The van der Waals surface area contributed by atoms with Crippen molar-refractivity contribution in [1.82, 2.24) is 4.90 Å². The van der Waals surface area contributed by atoms with Gasteiger partial charge in [0.25, 0.3) is 0 Å². The number of para-hydroxylation sites is 1. The van der Waals surface area contributed by atoms with E-state index in [-0.39, 0.29) is 11.6 Å². The molecule has 5 nitrogen and oxygen atoms in total. The van der Waals surface area contributed by atoms with E-state index in [9.17, 15) is 0 Å². The molecule has 144 valence electrons. The van der Waals surface area contributed by atoms with Crippen LogP contribution >= 0.6 is 11.6 Å². The second-order valence-electron chi connectivity index (χ2n) is 7.36. The van der Waals surface area contributed by atoms with E-state index in [1.54, 1.807) is 0 Å². The summed E-state index contributed by atoms with van der Waals surface area (Å²) >= 11 is 6.07. The lowest BCUT2D eigenvalue weighted by atomic mass is 10.0. The Kier molecular flexibility index (Phi) is 6.37. The Bertz CT molecular complexity index is 762. The van der Waals surface area contributed by atoms with Crippen LogP contribution in [0.25, 0.3) is 0 Å². The van der Waals surface area contributed by atoms with E-state index in [4.69, 9.17) is 22.1 Å². The van der Waals surface area contributed by atoms with E-state index in [0.29, 0.717) is 19.1 Å². The second-order valence-corrected chi connectivity index (χ2v) is 7.80. The van der Waals surface area contributed by atoms with Crippen LogP contribution in [0.15, 0.2) is 59.6 Å². The molecule has 1 fully saturated rings. The highest BCUT2D eigenvalue weighted by atomic mass is 35.5. The van der Waals surface area contributed by atoms with E-state index >= 15 is 0 Å². The van der Waals surface area contributed by atoms with Crippen molar-refractivity contribution in [1.29, 1.82) is 0 Å². The first-order valence-electron chi connectivity index (χ1n) is 9.18. The van der Waals surface area contributed by atoms with Crippen molar-refractivity contribution in [2.45, 2.75) is 25.5 Å². The van der Waals surface area contributed by atoms with E-state index in [1.807, 2.05) is 42.5 Å². The summed E-state index contributed by atoms with van der Waals surface area (Å²) in [7, 11) is 0. The molecule has 1 atom stereocenters. The van der Waals surface area contributed by atoms with Crippen molar-refractivity contribution in [2.75, 3.05) is 31.6 Å². The number of anilines is 1. The van der Waals surface area contributed by atoms with Crippen LogP contribution in [0.4, 0.5) is 5.69 Å². The molecule has 1 aliphatic heterocycles. The average Bonchev–Trinajstić information content (AvgIpc) is 2.63. The van der Waals surface area contributed by atoms with E-state index in [2.05, 4.69) is 41.2 Å². The number of hydrogen-bond donors (Lipinski definition) is 2. The molecular weight excluding hydrogens is 360 g/mol. The summed E-state index contributed by atoms with van der Waals surface area (Å²) in [6.07, 6.45) is 0. The number of benzene rings is 2. The average molecular weight is 387 g/mol. The predicted octanol–water partition coefficient (Wildman–Crippen LogP) is 3.92. The minimum Gasteiger partial charge on any atom is -0.373 e. The number of guanidine groups is 1. The lowest BCUT2D eigenvalue weighted by Crippen LogP contribution is -2.50. The molecule has 1 unspecified atom stereocenters. The van der Waals surface area contributed by atoms with Crippen molar-refractivity contribution in [3.63, 3.8) is 0 Å². The van der Waals surface area contributed by atoms with Crippen LogP contribution < -0.4 is 11.1 Å². The first-order valence-corrected chi connectivity index (χ1v) is 9.56. The summed E-state index contributed by atoms with van der Waals surface area (Å²) in [6, 6.07) is 17.9. The molecule has 1 heterocycles. The van der Waals surface area contributed by atoms with Crippen LogP contribution in [-0.4, -0.2) is 42.7 Å². The summed E-state index contributed by atoms with van der Waals surface area (Å²) < 4.78 is 5.87. The lowest BCUT2D eigenvalue weighted by molar-refractivity contribution is -0.0966. The Morgan fingerprint density at radius 2 is 1.93 bits per heavy atom. The first kappa shape index (κ1) is 19.7. The van der Waals surface area contributed by atoms with Crippen molar-refractivity contribution in [3.05, 3.63) is 65.2 Å². The fraction of sp³-hybridized carbons (Fsp3) is 0.381. The number of nitrogens with one attached hydrogen (secondary N) is 1. The second kappa shape index (κ2) is 8.74. The van der Waals surface area contributed by atoms with Gasteiger partial charge in [0.05, 0.1) is 24.8 Å². The number of ether oxygens (including phenoxy) is 1. The monoisotopic (exact) mass is 386 g/mol. The number of morpholine rings is 1. The molecule has 2 aromatic carbocycles. The zero-order chi connectivity index (χ0) is 19.3. The lowest BCUT2D eigenvalue weighted by Gasteiger charge is -2.42. The number of aliphatic imine (C=N–C) groups is 1. The van der Waals surface area contributed by atoms with Gasteiger partial charge in [-0.2, -0.15) is 0 Å². The molecule has 0 spiro atoms. The highest BCUT2D eigenvalue weighted by Crippen LogP contribution is 2.28. The van der Waals surface area contributed by atoms with Gasteiger partial charge in [-0.3, -0.25) is 9.89 Å². The van der Waals surface area contributed by atoms with E-state index in [0.717, 1.165) is 23.8 Å². The maximum absolute atomic E-state index is 6.11. The van der Waals surface area contributed by atoms with E-state index in [1.165, 1.54) is 5.56 Å². The minimum atomic E-state index is -0.180. The molecule has 6 heteroatoms. The first-order chi connectivity index (χ1) is 12.9. The Labute approximate surface area is 166 Å². The van der Waals surface area contributed by atoms with Gasteiger partial charge >= 0.3 is 0 Å². The fourth-order valence-electron chi connectivity index (χ4n) is 3.33. The normalized spacial score (nSPS) is 18.9. The van der Waals surface area contributed by atoms with Crippen molar-refractivity contribution >= 4 is 23.2 Å². The van der Waals surface area contributed by atoms with Crippen LogP contribution in [0.1, 0.15) is 25.5 Å². The van der Waals surface area contributed by atoms with Crippen LogP contribution in [0.5, 0.6) is 0 Å². The quantitative estimate of drug-likeness (QED) is 0.604. The number of halogens is 1. The van der Waals surface area contributed by atoms with Gasteiger partial charge in [0.15, 0.2) is 5.96 Å². The molecule has 0 amide bonds. The molecule has 2 aromatic rings. The van der Waals surface area contributed by atoms with Gasteiger partial charge in [0, 0.05) is 23.8 Å². The molecule has 0 bridgehead atoms. The summed E-state index contributed by atoms with van der Waals surface area (Å²) in [6.45, 7) is 7.20. The zero-order valence-corrected chi connectivity index (χ0v) is 16.6. The summed E-state index contributed by atoms with van der Waals surface area (Å²) in [4.78, 5) is 7.02. The molecule has 0 radical (unpaired) electrons. The van der Waals surface area contributed by atoms with Crippen molar-refractivity contribution < 1.29 is 4.74 Å². The van der Waals surface area contributed by atoms with Crippen LogP contribution in [-0.2, 0) is 4.74 Å². The minimum absolute atomic E-state index is 0.113.